The zero-order valence-corrected chi connectivity index (χ0v) is 16.9. The van der Waals surface area contributed by atoms with E-state index in [4.69, 9.17) is 10.5 Å². The van der Waals surface area contributed by atoms with Gasteiger partial charge in [0, 0.05) is 13.1 Å². The predicted octanol–water partition coefficient (Wildman–Crippen LogP) is 2.76. The lowest BCUT2D eigenvalue weighted by Crippen LogP contribution is -2.51. The van der Waals surface area contributed by atoms with E-state index < -0.39 is 5.54 Å². The predicted molar refractivity (Wildman–Crippen MR) is 109 cm³/mol. The normalized spacial score (nSPS) is 16.6. The smallest absolute Gasteiger partial charge is 0.239 e. The highest BCUT2D eigenvalue weighted by Crippen LogP contribution is 2.14. The molecule has 0 saturated carbocycles. The molecule has 1 saturated heterocycles. The molecule has 0 aliphatic carbocycles. The third-order valence-electron chi connectivity index (χ3n) is 4.79. The van der Waals surface area contributed by atoms with E-state index in [1.54, 1.807) is 6.92 Å². The number of likely N-dealkylation sites (tertiary alicyclic amines) is 1. The van der Waals surface area contributed by atoms with Crippen LogP contribution in [0.15, 0.2) is 24.3 Å². The fourth-order valence-electron chi connectivity index (χ4n) is 3.21. The first-order chi connectivity index (χ1) is 12.0. The van der Waals surface area contributed by atoms with Crippen LogP contribution in [0.5, 0.6) is 5.75 Å². The van der Waals surface area contributed by atoms with E-state index >= 15 is 0 Å². The fraction of sp³-hybridized carbons (Fsp3) is 0.650. The topological polar surface area (TPSA) is 67.6 Å². The number of nitrogens with zero attached hydrogens (tertiary/aromatic N) is 1. The Kier molecular flexibility index (Phi) is 9.99. The first-order valence-corrected chi connectivity index (χ1v) is 9.52. The number of rotatable bonds is 10. The molecule has 1 fully saturated rings. The zero-order chi connectivity index (χ0) is 18.1. The van der Waals surface area contributed by atoms with Gasteiger partial charge >= 0.3 is 0 Å². The number of nitrogens with one attached hydrogen (secondary N) is 1. The van der Waals surface area contributed by atoms with Gasteiger partial charge in [-0.2, -0.15) is 0 Å². The number of halogens is 1. The van der Waals surface area contributed by atoms with Crippen molar-refractivity contribution in [2.45, 2.75) is 51.5 Å². The highest BCUT2D eigenvalue weighted by atomic mass is 35.5. The second kappa shape index (κ2) is 11.4. The second-order valence-electron chi connectivity index (χ2n) is 7.21. The van der Waals surface area contributed by atoms with Crippen LogP contribution in [0.2, 0.25) is 0 Å². The summed E-state index contributed by atoms with van der Waals surface area (Å²) in [7, 11) is 0. The maximum absolute atomic E-state index is 12.1. The molecule has 1 amide bonds. The average Bonchev–Trinajstić information content (AvgIpc) is 3.09. The molecule has 2 rings (SSSR count). The summed E-state index contributed by atoms with van der Waals surface area (Å²) in [6.45, 7) is 8.57. The second-order valence-corrected chi connectivity index (χ2v) is 7.21. The summed E-state index contributed by atoms with van der Waals surface area (Å²) in [5, 5.41) is 2.94. The molecular formula is C20H34ClN3O2. The van der Waals surface area contributed by atoms with Crippen molar-refractivity contribution in [2.75, 3.05) is 32.8 Å². The van der Waals surface area contributed by atoms with Crippen LogP contribution in [0.25, 0.3) is 0 Å². The Bertz CT molecular complexity index is 528. The van der Waals surface area contributed by atoms with Gasteiger partial charge in [-0.05, 0) is 63.4 Å². The minimum Gasteiger partial charge on any atom is -0.492 e. The van der Waals surface area contributed by atoms with Crippen LogP contribution in [0.1, 0.15) is 45.1 Å². The lowest BCUT2D eigenvalue weighted by molar-refractivity contribution is -0.126. The maximum Gasteiger partial charge on any atom is 0.239 e. The van der Waals surface area contributed by atoms with Gasteiger partial charge in [0.2, 0.25) is 5.91 Å². The Balaban J connectivity index is 0.00000338. The van der Waals surface area contributed by atoms with Crippen LogP contribution in [-0.2, 0) is 11.2 Å². The summed E-state index contributed by atoms with van der Waals surface area (Å²) in [4.78, 5) is 14.5. The van der Waals surface area contributed by atoms with Gasteiger partial charge in [0.05, 0.1) is 5.54 Å². The van der Waals surface area contributed by atoms with E-state index in [0.29, 0.717) is 13.0 Å². The molecule has 1 aliphatic rings. The summed E-state index contributed by atoms with van der Waals surface area (Å²) in [6.07, 6.45) is 5.02. The summed E-state index contributed by atoms with van der Waals surface area (Å²) < 4.78 is 5.81. The number of carbonyl (C=O) groups is 1. The molecule has 1 heterocycles. The molecule has 6 heteroatoms. The molecule has 26 heavy (non-hydrogen) atoms. The number of benzene rings is 1. The van der Waals surface area contributed by atoms with Crippen molar-refractivity contribution in [1.29, 1.82) is 0 Å². The number of hydrogen-bond acceptors (Lipinski definition) is 4. The summed E-state index contributed by atoms with van der Waals surface area (Å²) in [5.74, 6) is 0.834. The Labute approximate surface area is 164 Å². The van der Waals surface area contributed by atoms with Crippen LogP contribution in [-0.4, -0.2) is 49.1 Å². The summed E-state index contributed by atoms with van der Waals surface area (Å²) >= 11 is 0. The van der Waals surface area contributed by atoms with E-state index in [-0.39, 0.29) is 18.3 Å². The molecule has 0 radical (unpaired) electrons. The molecule has 5 nitrogen and oxygen atoms in total. The number of nitrogens with two attached hydrogens (primary N) is 1. The zero-order valence-electron chi connectivity index (χ0n) is 16.1. The summed E-state index contributed by atoms with van der Waals surface area (Å²) in [5.41, 5.74) is 6.44. The van der Waals surface area contributed by atoms with E-state index in [1.165, 1.54) is 31.5 Å². The van der Waals surface area contributed by atoms with E-state index in [0.717, 1.165) is 31.7 Å². The largest absolute Gasteiger partial charge is 0.492 e. The minimum absolute atomic E-state index is 0. The Morgan fingerprint density at radius 2 is 1.92 bits per heavy atom. The Morgan fingerprint density at radius 1 is 1.27 bits per heavy atom. The molecular weight excluding hydrogens is 350 g/mol. The Hall–Kier alpha value is -1.30. The average molecular weight is 384 g/mol. The molecule has 1 aliphatic heterocycles. The molecule has 0 spiro atoms. The van der Waals surface area contributed by atoms with Crippen LogP contribution < -0.4 is 15.8 Å². The van der Waals surface area contributed by atoms with Crippen molar-refractivity contribution >= 4 is 18.3 Å². The molecule has 1 aromatic carbocycles. The van der Waals surface area contributed by atoms with Gasteiger partial charge in [-0.1, -0.05) is 25.5 Å². The Morgan fingerprint density at radius 3 is 2.54 bits per heavy atom. The first-order valence-electron chi connectivity index (χ1n) is 9.52. The van der Waals surface area contributed by atoms with Crippen molar-refractivity contribution in [1.82, 2.24) is 10.2 Å². The maximum atomic E-state index is 12.1. The standard InChI is InChI=1S/C20H33N3O2.ClH/c1-3-11-20(2,21)19(24)22-12-10-17-6-8-18(9-7-17)25-16-15-23-13-4-5-14-23;/h6-9H,3-5,10-16,21H2,1-2H3,(H,22,24);1H. The molecule has 3 N–H and O–H groups in total. The summed E-state index contributed by atoms with van der Waals surface area (Å²) in [6, 6.07) is 8.13. The van der Waals surface area contributed by atoms with Crippen molar-refractivity contribution in [3.63, 3.8) is 0 Å². The third kappa shape index (κ3) is 7.52. The third-order valence-corrected chi connectivity index (χ3v) is 4.79. The van der Waals surface area contributed by atoms with Crippen molar-refractivity contribution in [2.24, 2.45) is 5.73 Å². The van der Waals surface area contributed by atoms with Crippen LogP contribution in [0.3, 0.4) is 0 Å². The van der Waals surface area contributed by atoms with Gasteiger partial charge < -0.3 is 15.8 Å². The number of carbonyl (C=O) groups excluding carboxylic acids is 1. The highest BCUT2D eigenvalue weighted by molar-refractivity contribution is 5.85. The van der Waals surface area contributed by atoms with Gasteiger partial charge in [-0.15, -0.1) is 12.4 Å². The van der Waals surface area contributed by atoms with Crippen molar-refractivity contribution in [3.05, 3.63) is 29.8 Å². The van der Waals surface area contributed by atoms with Gasteiger partial charge in [0.25, 0.3) is 0 Å². The lowest BCUT2D eigenvalue weighted by Gasteiger charge is -2.22. The number of amides is 1. The van der Waals surface area contributed by atoms with Crippen LogP contribution >= 0.6 is 12.4 Å². The van der Waals surface area contributed by atoms with E-state index in [1.807, 2.05) is 19.1 Å². The highest BCUT2D eigenvalue weighted by Gasteiger charge is 2.26. The molecule has 1 atom stereocenters. The number of ether oxygens (including phenoxy) is 1. The van der Waals surface area contributed by atoms with Gasteiger partial charge in [0.15, 0.2) is 0 Å². The molecule has 0 aromatic heterocycles. The van der Waals surface area contributed by atoms with Crippen LogP contribution in [0, 0.1) is 0 Å². The lowest BCUT2D eigenvalue weighted by atomic mass is 9.96. The van der Waals surface area contributed by atoms with Gasteiger partial charge in [0.1, 0.15) is 12.4 Å². The first kappa shape index (κ1) is 22.7. The van der Waals surface area contributed by atoms with E-state index in [9.17, 15) is 4.79 Å². The minimum atomic E-state index is -0.776. The van der Waals surface area contributed by atoms with Crippen LogP contribution in [0.4, 0.5) is 0 Å². The van der Waals surface area contributed by atoms with E-state index in [2.05, 4.69) is 22.3 Å². The number of hydrogen-bond donors (Lipinski definition) is 2. The van der Waals surface area contributed by atoms with Gasteiger partial charge in [-0.25, -0.2) is 0 Å². The molecule has 1 unspecified atom stereocenters. The SMILES string of the molecule is CCCC(C)(N)C(=O)NCCc1ccc(OCCN2CCCC2)cc1.Cl. The van der Waals surface area contributed by atoms with Crippen molar-refractivity contribution < 1.29 is 9.53 Å². The monoisotopic (exact) mass is 383 g/mol. The van der Waals surface area contributed by atoms with Crippen molar-refractivity contribution in [3.8, 4) is 5.75 Å². The quantitative estimate of drug-likeness (QED) is 0.651. The molecule has 0 bridgehead atoms. The van der Waals surface area contributed by atoms with Gasteiger partial charge in [-0.3, -0.25) is 9.69 Å². The molecule has 148 valence electrons. The fourth-order valence-corrected chi connectivity index (χ4v) is 3.21. The molecule has 1 aromatic rings.